The maximum absolute atomic E-state index is 14.6. The van der Waals surface area contributed by atoms with E-state index in [1.54, 1.807) is 49.5 Å². The second kappa shape index (κ2) is 9.26. The molecule has 5 rings (SSSR count). The lowest BCUT2D eigenvalue weighted by Gasteiger charge is -2.20. The number of hydrogen-bond acceptors (Lipinski definition) is 5. The average Bonchev–Trinajstić information content (AvgIpc) is 2.87. The minimum absolute atomic E-state index is 0.155. The number of aromatic nitrogens is 2. The van der Waals surface area contributed by atoms with E-state index in [0.717, 1.165) is 11.1 Å². The molecule has 1 unspecified atom stereocenters. The first-order valence-electron chi connectivity index (χ1n) is 11.6. The molecule has 7 heteroatoms. The number of aromatic amines is 1. The van der Waals surface area contributed by atoms with Gasteiger partial charge in [0.15, 0.2) is 5.43 Å². The zero-order valence-electron chi connectivity index (χ0n) is 20.1. The summed E-state index contributed by atoms with van der Waals surface area (Å²) in [5.74, 6) is -0.0128. The van der Waals surface area contributed by atoms with Gasteiger partial charge in [0.1, 0.15) is 17.2 Å². The first-order chi connectivity index (χ1) is 17.3. The summed E-state index contributed by atoms with van der Waals surface area (Å²) in [7, 11) is 0. The summed E-state index contributed by atoms with van der Waals surface area (Å²) >= 11 is 0. The Kier molecular flexibility index (Phi) is 5.98. The van der Waals surface area contributed by atoms with E-state index in [9.17, 15) is 14.0 Å². The van der Waals surface area contributed by atoms with Gasteiger partial charge < -0.3 is 14.7 Å². The van der Waals surface area contributed by atoms with E-state index >= 15 is 0 Å². The van der Waals surface area contributed by atoms with Gasteiger partial charge in [0.05, 0.1) is 22.8 Å². The SMILES string of the molecule is Cc1cc(C(C)Nc2cccnc2-c2ccccc2F)c2oc(-c3cc[nH]c(=O)c3)c(C)c(=O)c2c1. The molecule has 3 aromatic heterocycles. The number of anilines is 1. The van der Waals surface area contributed by atoms with Crippen molar-refractivity contribution in [3.05, 3.63) is 116 Å². The Morgan fingerprint density at radius 2 is 1.83 bits per heavy atom. The minimum Gasteiger partial charge on any atom is -0.455 e. The Bertz CT molecular complexity index is 1720. The minimum atomic E-state index is -0.364. The molecule has 0 radical (unpaired) electrons. The van der Waals surface area contributed by atoms with Gasteiger partial charge in [-0.15, -0.1) is 0 Å². The standard InChI is InChI=1S/C29H24FN3O3/c1-16-13-21(18(3)33-24-9-6-11-32-26(24)20-7-4-5-8-23(20)30)29-22(14-16)27(35)17(2)28(36-29)19-10-12-31-25(34)15-19/h4-15,18,33H,1-3H3,(H,31,34). The van der Waals surface area contributed by atoms with Crippen molar-refractivity contribution < 1.29 is 8.81 Å². The molecular formula is C29H24FN3O3. The van der Waals surface area contributed by atoms with Crippen molar-refractivity contribution >= 4 is 16.7 Å². The fourth-order valence-corrected chi connectivity index (χ4v) is 4.45. The Labute approximate surface area is 206 Å². The van der Waals surface area contributed by atoms with Crippen molar-refractivity contribution in [3.63, 3.8) is 0 Å². The van der Waals surface area contributed by atoms with Gasteiger partial charge in [-0.05, 0) is 62.7 Å². The van der Waals surface area contributed by atoms with Crippen LogP contribution in [0.5, 0.6) is 0 Å². The lowest BCUT2D eigenvalue weighted by atomic mass is 9.98. The molecule has 36 heavy (non-hydrogen) atoms. The van der Waals surface area contributed by atoms with Crippen molar-refractivity contribution in [3.8, 4) is 22.6 Å². The topological polar surface area (TPSA) is 88.0 Å². The molecule has 0 aliphatic heterocycles. The van der Waals surface area contributed by atoms with Gasteiger partial charge in [-0.3, -0.25) is 14.6 Å². The molecule has 0 spiro atoms. The second-order valence-electron chi connectivity index (χ2n) is 8.80. The second-order valence-corrected chi connectivity index (χ2v) is 8.80. The molecular weight excluding hydrogens is 457 g/mol. The summed E-state index contributed by atoms with van der Waals surface area (Å²) in [4.78, 5) is 32.2. The zero-order valence-corrected chi connectivity index (χ0v) is 20.1. The van der Waals surface area contributed by atoms with Crippen LogP contribution in [0.2, 0.25) is 0 Å². The molecule has 2 N–H and O–H groups in total. The van der Waals surface area contributed by atoms with Crippen LogP contribution in [0.3, 0.4) is 0 Å². The van der Waals surface area contributed by atoms with Gasteiger partial charge >= 0.3 is 0 Å². The summed E-state index contributed by atoms with van der Waals surface area (Å²) in [6.07, 6.45) is 3.14. The van der Waals surface area contributed by atoms with Crippen molar-refractivity contribution in [2.75, 3.05) is 5.32 Å². The van der Waals surface area contributed by atoms with Crippen molar-refractivity contribution in [1.29, 1.82) is 0 Å². The largest absolute Gasteiger partial charge is 0.455 e. The molecule has 180 valence electrons. The van der Waals surface area contributed by atoms with E-state index in [1.165, 1.54) is 18.3 Å². The first-order valence-corrected chi connectivity index (χ1v) is 11.6. The predicted octanol–water partition coefficient (Wildman–Crippen LogP) is 6.14. The van der Waals surface area contributed by atoms with Gasteiger partial charge in [0.25, 0.3) is 0 Å². The van der Waals surface area contributed by atoms with Crippen LogP contribution in [-0.4, -0.2) is 9.97 Å². The molecule has 0 fully saturated rings. The number of nitrogens with one attached hydrogen (secondary N) is 2. The lowest BCUT2D eigenvalue weighted by Crippen LogP contribution is -2.13. The third-order valence-electron chi connectivity index (χ3n) is 6.20. The van der Waals surface area contributed by atoms with Crippen LogP contribution in [0, 0.1) is 19.7 Å². The highest BCUT2D eigenvalue weighted by atomic mass is 19.1. The van der Waals surface area contributed by atoms with Gasteiger partial charge in [-0.25, -0.2) is 4.39 Å². The Balaban J connectivity index is 1.65. The Morgan fingerprint density at radius 1 is 1.03 bits per heavy atom. The molecule has 0 amide bonds. The molecule has 5 aromatic rings. The number of fused-ring (bicyclic) bond motifs is 1. The maximum atomic E-state index is 14.6. The van der Waals surface area contributed by atoms with E-state index < -0.39 is 0 Å². The molecule has 0 aliphatic rings. The molecule has 0 saturated heterocycles. The fourth-order valence-electron chi connectivity index (χ4n) is 4.45. The summed E-state index contributed by atoms with van der Waals surface area (Å²) in [6.45, 7) is 5.56. The quantitative estimate of drug-likeness (QED) is 0.315. The third-order valence-corrected chi connectivity index (χ3v) is 6.20. The summed E-state index contributed by atoms with van der Waals surface area (Å²) in [6, 6.07) is 16.7. The van der Waals surface area contributed by atoms with Gasteiger partial charge in [-0.2, -0.15) is 0 Å². The van der Waals surface area contributed by atoms with Crippen LogP contribution in [-0.2, 0) is 0 Å². The number of nitrogens with zero attached hydrogens (tertiary/aromatic N) is 1. The monoisotopic (exact) mass is 481 g/mol. The van der Waals surface area contributed by atoms with Crippen molar-refractivity contribution in [2.45, 2.75) is 26.8 Å². The van der Waals surface area contributed by atoms with Gasteiger partial charge in [0.2, 0.25) is 5.56 Å². The predicted molar refractivity (Wildman–Crippen MR) is 140 cm³/mol. The summed E-state index contributed by atoms with van der Waals surface area (Å²) < 4.78 is 20.9. The number of H-pyrrole nitrogens is 1. The molecule has 2 aromatic carbocycles. The average molecular weight is 482 g/mol. The Hall–Kier alpha value is -4.52. The number of rotatable bonds is 5. The van der Waals surface area contributed by atoms with Gasteiger partial charge in [0, 0.05) is 40.7 Å². The van der Waals surface area contributed by atoms with E-state index in [4.69, 9.17) is 4.42 Å². The number of benzene rings is 2. The normalized spacial score (nSPS) is 12.0. The zero-order chi connectivity index (χ0) is 25.4. The van der Waals surface area contributed by atoms with E-state index in [2.05, 4.69) is 15.3 Å². The van der Waals surface area contributed by atoms with Gasteiger partial charge in [-0.1, -0.05) is 18.2 Å². The number of halogens is 1. The smallest absolute Gasteiger partial charge is 0.248 e. The van der Waals surface area contributed by atoms with Crippen molar-refractivity contribution in [1.82, 2.24) is 9.97 Å². The van der Waals surface area contributed by atoms with Crippen LogP contribution in [0.15, 0.2) is 87.1 Å². The molecule has 3 heterocycles. The molecule has 0 bridgehead atoms. The summed E-state index contributed by atoms with van der Waals surface area (Å²) in [5, 5.41) is 3.89. The molecule has 0 aliphatic carbocycles. The highest BCUT2D eigenvalue weighted by Gasteiger charge is 2.20. The first kappa shape index (κ1) is 23.2. The number of pyridine rings is 2. The van der Waals surface area contributed by atoms with E-state index in [0.29, 0.717) is 44.8 Å². The third kappa shape index (κ3) is 4.20. The number of aryl methyl sites for hydroxylation is 1. The Morgan fingerprint density at radius 3 is 2.61 bits per heavy atom. The summed E-state index contributed by atoms with van der Waals surface area (Å²) in [5.41, 5.74) is 4.14. The van der Waals surface area contributed by atoms with Crippen LogP contribution >= 0.6 is 0 Å². The molecule has 6 nitrogen and oxygen atoms in total. The highest BCUT2D eigenvalue weighted by Crippen LogP contribution is 2.34. The van der Waals surface area contributed by atoms with Crippen LogP contribution in [0.25, 0.3) is 33.6 Å². The van der Waals surface area contributed by atoms with Crippen molar-refractivity contribution in [2.24, 2.45) is 0 Å². The lowest BCUT2D eigenvalue weighted by molar-refractivity contribution is 0.605. The molecule has 1 atom stereocenters. The van der Waals surface area contributed by atoms with E-state index in [1.807, 2.05) is 26.0 Å². The van der Waals surface area contributed by atoms with Crippen LogP contribution in [0.4, 0.5) is 10.1 Å². The number of hydrogen-bond donors (Lipinski definition) is 2. The molecule has 0 saturated carbocycles. The van der Waals surface area contributed by atoms with E-state index in [-0.39, 0.29) is 22.8 Å². The van der Waals surface area contributed by atoms with Crippen LogP contribution in [0.1, 0.15) is 29.7 Å². The van der Waals surface area contributed by atoms with Crippen LogP contribution < -0.4 is 16.3 Å². The fraction of sp³-hybridized carbons (Fsp3) is 0.138. The maximum Gasteiger partial charge on any atom is 0.248 e. The highest BCUT2D eigenvalue weighted by molar-refractivity contribution is 5.85.